The van der Waals surface area contributed by atoms with Crippen LogP contribution in [0, 0.1) is 0 Å². The molecule has 0 aliphatic carbocycles. The van der Waals surface area contributed by atoms with Gasteiger partial charge in [0.1, 0.15) is 6.04 Å². The number of carbonyl (C=O) groups excluding carboxylic acids is 3. The van der Waals surface area contributed by atoms with Crippen molar-refractivity contribution in [3.63, 3.8) is 0 Å². The zero-order valence-corrected chi connectivity index (χ0v) is 13.5. The first-order chi connectivity index (χ1) is 12.1. The van der Waals surface area contributed by atoms with Gasteiger partial charge in [0.2, 0.25) is 11.8 Å². The highest BCUT2D eigenvalue weighted by atomic mass is 16.2. The number of anilines is 1. The Bertz CT molecular complexity index is 948. The molecule has 0 saturated carbocycles. The van der Waals surface area contributed by atoms with Crippen LogP contribution in [0.4, 0.5) is 5.69 Å². The quantitative estimate of drug-likeness (QED) is 0.811. The van der Waals surface area contributed by atoms with Crippen molar-refractivity contribution in [3.8, 4) is 0 Å². The van der Waals surface area contributed by atoms with E-state index < -0.39 is 11.9 Å². The molecule has 6 heteroatoms. The van der Waals surface area contributed by atoms with Gasteiger partial charge in [0.05, 0.1) is 11.3 Å². The van der Waals surface area contributed by atoms with E-state index >= 15 is 0 Å². The van der Waals surface area contributed by atoms with E-state index in [2.05, 4.69) is 16.7 Å². The van der Waals surface area contributed by atoms with Gasteiger partial charge in [0.25, 0.3) is 5.91 Å². The molecule has 5 rings (SSSR count). The third kappa shape index (κ3) is 2.04. The number of carbonyl (C=O) groups is 3. The minimum absolute atomic E-state index is 0.144. The number of hydrogen-bond donors (Lipinski definition) is 2. The molecule has 126 valence electrons. The molecule has 3 aliphatic heterocycles. The molecule has 0 radical (unpaired) electrons. The van der Waals surface area contributed by atoms with Crippen LogP contribution in [-0.4, -0.2) is 36.9 Å². The fourth-order valence-electron chi connectivity index (χ4n) is 4.04. The van der Waals surface area contributed by atoms with Crippen LogP contribution in [0.5, 0.6) is 0 Å². The van der Waals surface area contributed by atoms with E-state index in [0.717, 1.165) is 35.1 Å². The predicted molar refractivity (Wildman–Crippen MR) is 92.5 cm³/mol. The maximum atomic E-state index is 13.1. The van der Waals surface area contributed by atoms with E-state index in [1.54, 1.807) is 4.90 Å². The first-order valence-electron chi connectivity index (χ1n) is 8.58. The third-order valence-electron chi connectivity index (χ3n) is 5.46. The van der Waals surface area contributed by atoms with Crippen LogP contribution in [0.2, 0.25) is 0 Å². The molecule has 2 aromatic rings. The number of nitrogens with one attached hydrogen (secondary N) is 2. The van der Waals surface area contributed by atoms with Crippen LogP contribution < -0.4 is 15.5 Å². The topological polar surface area (TPSA) is 78.5 Å². The number of piperidine rings is 1. The van der Waals surface area contributed by atoms with Gasteiger partial charge in [-0.05, 0) is 29.5 Å². The molecule has 0 spiro atoms. The van der Waals surface area contributed by atoms with Crippen LogP contribution in [0.3, 0.4) is 0 Å². The highest BCUT2D eigenvalue weighted by Crippen LogP contribution is 2.41. The lowest BCUT2D eigenvalue weighted by molar-refractivity contribution is -0.134. The second kappa shape index (κ2) is 5.13. The number of hydrogen-bond acceptors (Lipinski definition) is 4. The Labute approximate surface area is 144 Å². The van der Waals surface area contributed by atoms with Gasteiger partial charge in [-0.3, -0.25) is 24.6 Å². The molecular formula is C19H17N3O3. The monoisotopic (exact) mass is 335 g/mol. The van der Waals surface area contributed by atoms with Crippen LogP contribution >= 0.6 is 0 Å². The van der Waals surface area contributed by atoms with Gasteiger partial charge in [0.15, 0.2) is 0 Å². The third-order valence-corrected chi connectivity index (χ3v) is 5.46. The van der Waals surface area contributed by atoms with Crippen molar-refractivity contribution in [1.29, 1.82) is 0 Å². The van der Waals surface area contributed by atoms with E-state index in [0.29, 0.717) is 17.9 Å². The highest BCUT2D eigenvalue weighted by Gasteiger charge is 2.41. The normalized spacial score (nSPS) is 23.1. The average Bonchev–Trinajstić information content (AvgIpc) is 2.81. The molecule has 1 unspecified atom stereocenters. The van der Waals surface area contributed by atoms with E-state index in [9.17, 15) is 14.4 Å². The van der Waals surface area contributed by atoms with Crippen molar-refractivity contribution < 1.29 is 14.4 Å². The van der Waals surface area contributed by atoms with Crippen molar-refractivity contribution in [1.82, 2.24) is 10.6 Å². The fourth-order valence-corrected chi connectivity index (χ4v) is 4.04. The van der Waals surface area contributed by atoms with Crippen molar-refractivity contribution in [2.24, 2.45) is 0 Å². The Hall–Kier alpha value is -2.73. The Kier molecular flexibility index (Phi) is 3.00. The zero-order valence-electron chi connectivity index (χ0n) is 13.5. The summed E-state index contributed by atoms with van der Waals surface area (Å²) in [6, 6.07) is 9.31. The molecule has 0 bridgehead atoms. The van der Waals surface area contributed by atoms with Crippen molar-refractivity contribution in [2.45, 2.75) is 24.8 Å². The number of imide groups is 1. The van der Waals surface area contributed by atoms with Crippen molar-refractivity contribution in [2.75, 3.05) is 18.0 Å². The van der Waals surface area contributed by atoms with E-state index in [4.69, 9.17) is 0 Å². The molecule has 2 saturated heterocycles. The van der Waals surface area contributed by atoms with Crippen LogP contribution in [0.1, 0.15) is 34.7 Å². The molecule has 2 aromatic carbocycles. The number of nitrogens with zero attached hydrogens (tertiary/aromatic N) is 1. The molecule has 3 amide bonds. The average molecular weight is 335 g/mol. The molecule has 25 heavy (non-hydrogen) atoms. The van der Waals surface area contributed by atoms with E-state index in [1.165, 1.54) is 0 Å². The van der Waals surface area contributed by atoms with Crippen molar-refractivity contribution in [3.05, 3.63) is 41.5 Å². The molecule has 2 fully saturated rings. The summed E-state index contributed by atoms with van der Waals surface area (Å²) in [4.78, 5) is 38.4. The minimum Gasteiger partial charge on any atom is -0.315 e. The summed E-state index contributed by atoms with van der Waals surface area (Å²) in [6.07, 6.45) is 0.617. The molecule has 6 nitrogen and oxygen atoms in total. The Balaban J connectivity index is 1.63. The summed E-state index contributed by atoms with van der Waals surface area (Å²) in [5.74, 6) is -0.377. The summed E-state index contributed by atoms with van der Waals surface area (Å²) < 4.78 is 0. The lowest BCUT2D eigenvalue weighted by atomic mass is 9.90. The lowest BCUT2D eigenvalue weighted by Crippen LogP contribution is -2.53. The number of benzene rings is 2. The van der Waals surface area contributed by atoms with Gasteiger partial charge < -0.3 is 5.32 Å². The minimum atomic E-state index is -0.628. The van der Waals surface area contributed by atoms with Gasteiger partial charge >= 0.3 is 0 Å². The molecular weight excluding hydrogens is 318 g/mol. The van der Waals surface area contributed by atoms with Gasteiger partial charge in [-0.25, -0.2) is 0 Å². The second-order valence-electron chi connectivity index (χ2n) is 6.94. The summed E-state index contributed by atoms with van der Waals surface area (Å²) >= 11 is 0. The second-order valence-corrected chi connectivity index (χ2v) is 6.94. The van der Waals surface area contributed by atoms with Crippen LogP contribution in [0.15, 0.2) is 30.3 Å². The highest BCUT2D eigenvalue weighted by molar-refractivity contribution is 6.27. The number of rotatable bonds is 2. The molecule has 1 atom stereocenters. The molecule has 3 aliphatic rings. The summed E-state index contributed by atoms with van der Waals surface area (Å²) in [5, 5.41) is 7.55. The van der Waals surface area contributed by atoms with Crippen LogP contribution in [0.25, 0.3) is 10.8 Å². The van der Waals surface area contributed by atoms with Gasteiger partial charge in [-0.2, -0.15) is 0 Å². The van der Waals surface area contributed by atoms with Crippen LogP contribution in [-0.2, 0) is 9.59 Å². The first kappa shape index (κ1) is 14.6. The Morgan fingerprint density at radius 2 is 1.92 bits per heavy atom. The summed E-state index contributed by atoms with van der Waals surface area (Å²) in [5.41, 5.74) is 2.60. The predicted octanol–water partition coefficient (Wildman–Crippen LogP) is 1.29. The van der Waals surface area contributed by atoms with Gasteiger partial charge in [0, 0.05) is 30.8 Å². The smallest absolute Gasteiger partial charge is 0.259 e. The van der Waals surface area contributed by atoms with Gasteiger partial charge in [-0.15, -0.1) is 0 Å². The first-order valence-corrected chi connectivity index (χ1v) is 8.58. The summed E-state index contributed by atoms with van der Waals surface area (Å²) in [6.45, 7) is 1.85. The maximum absolute atomic E-state index is 13.1. The Morgan fingerprint density at radius 3 is 2.64 bits per heavy atom. The Morgan fingerprint density at radius 1 is 1.08 bits per heavy atom. The van der Waals surface area contributed by atoms with Gasteiger partial charge in [-0.1, -0.05) is 18.2 Å². The fraction of sp³-hybridized carbons (Fsp3) is 0.316. The molecule has 3 heterocycles. The lowest BCUT2D eigenvalue weighted by Gasteiger charge is -2.30. The molecule has 0 aromatic heterocycles. The standard InChI is InChI=1S/C19H17N3O3/c23-16-5-4-15(18(24)21-16)22-14-3-1-2-10-6-11(12-8-20-9-12)7-13(17(10)14)19(22)25/h1-3,6-7,12,15,20H,4-5,8-9H2,(H,21,23,24). The number of amides is 3. The van der Waals surface area contributed by atoms with Crippen molar-refractivity contribution >= 4 is 34.2 Å². The molecule has 2 N–H and O–H groups in total. The van der Waals surface area contributed by atoms with E-state index in [-0.39, 0.29) is 18.2 Å². The SMILES string of the molecule is O=C1CCC(N2C(=O)c3cc(C4CNC4)cc4cccc2c34)C(=O)N1. The largest absolute Gasteiger partial charge is 0.315 e. The zero-order chi connectivity index (χ0) is 17.1. The maximum Gasteiger partial charge on any atom is 0.259 e. The van der Waals surface area contributed by atoms with E-state index in [1.807, 2.05) is 24.3 Å². The summed E-state index contributed by atoms with van der Waals surface area (Å²) in [7, 11) is 0.